The topological polar surface area (TPSA) is 70.0 Å². The van der Waals surface area contributed by atoms with E-state index in [1.807, 2.05) is 0 Å². The summed E-state index contributed by atoms with van der Waals surface area (Å²) in [6.07, 6.45) is 0. The van der Waals surface area contributed by atoms with Gasteiger partial charge in [-0.05, 0) is 19.1 Å². The molecule has 0 aromatic heterocycles. The molecular formula is C12H15NO4. The second-order valence-electron chi connectivity index (χ2n) is 4.50. The molecule has 92 valence electrons. The van der Waals surface area contributed by atoms with Gasteiger partial charge in [0.2, 0.25) is 0 Å². The van der Waals surface area contributed by atoms with Gasteiger partial charge in [0.15, 0.2) is 18.1 Å². The molecule has 0 saturated carbocycles. The first-order valence-electron chi connectivity index (χ1n) is 5.39. The largest absolute Gasteiger partial charge is 0.504 e. The molecule has 2 N–H and O–H groups in total. The molecule has 0 spiro atoms. The highest BCUT2D eigenvalue weighted by atomic mass is 16.5. The van der Waals surface area contributed by atoms with E-state index in [1.54, 1.807) is 25.1 Å². The molecular weight excluding hydrogens is 222 g/mol. The highest BCUT2D eigenvalue weighted by Gasteiger charge is 2.39. The lowest BCUT2D eigenvalue weighted by Crippen LogP contribution is -2.62. The second kappa shape index (κ2) is 4.25. The summed E-state index contributed by atoms with van der Waals surface area (Å²) < 4.78 is 5.20. The van der Waals surface area contributed by atoms with Crippen LogP contribution >= 0.6 is 0 Å². The van der Waals surface area contributed by atoms with Gasteiger partial charge in [0.25, 0.3) is 5.91 Å². The second-order valence-corrected chi connectivity index (χ2v) is 4.50. The maximum atomic E-state index is 11.6. The van der Waals surface area contributed by atoms with Crippen molar-refractivity contribution in [3.05, 3.63) is 24.3 Å². The number of aliphatic hydroxyl groups is 1. The average molecular weight is 237 g/mol. The number of hydrogen-bond acceptors (Lipinski definition) is 4. The van der Waals surface area contributed by atoms with Crippen LogP contribution in [0.15, 0.2) is 24.3 Å². The molecule has 1 heterocycles. The van der Waals surface area contributed by atoms with Crippen LogP contribution in [0, 0.1) is 0 Å². The lowest BCUT2D eigenvalue weighted by Gasteiger charge is -2.43. The number of amides is 1. The lowest BCUT2D eigenvalue weighted by atomic mass is 9.97. The molecule has 17 heavy (non-hydrogen) atoms. The van der Waals surface area contributed by atoms with E-state index in [2.05, 4.69) is 0 Å². The van der Waals surface area contributed by atoms with Crippen molar-refractivity contribution in [2.75, 3.05) is 19.7 Å². The summed E-state index contributed by atoms with van der Waals surface area (Å²) >= 11 is 0. The number of likely N-dealkylation sites (tertiary alicyclic amines) is 1. The van der Waals surface area contributed by atoms with Crippen molar-refractivity contribution in [1.29, 1.82) is 0 Å². The Labute approximate surface area is 99.2 Å². The number of carbonyl (C=O) groups excluding carboxylic acids is 1. The molecule has 1 saturated heterocycles. The Morgan fingerprint density at radius 3 is 2.71 bits per heavy atom. The molecule has 1 aromatic rings. The van der Waals surface area contributed by atoms with Gasteiger partial charge < -0.3 is 19.8 Å². The third-order valence-corrected chi connectivity index (χ3v) is 2.63. The SMILES string of the molecule is CC1(O)CN(C(=O)COc2ccccc2O)C1. The molecule has 2 rings (SSSR count). The van der Waals surface area contributed by atoms with Gasteiger partial charge in [-0.2, -0.15) is 0 Å². The van der Waals surface area contributed by atoms with Gasteiger partial charge in [-0.25, -0.2) is 0 Å². The minimum Gasteiger partial charge on any atom is -0.504 e. The van der Waals surface area contributed by atoms with E-state index in [0.29, 0.717) is 13.1 Å². The van der Waals surface area contributed by atoms with E-state index in [1.165, 1.54) is 11.0 Å². The van der Waals surface area contributed by atoms with Crippen molar-refractivity contribution in [1.82, 2.24) is 4.90 Å². The molecule has 1 aliphatic heterocycles. The van der Waals surface area contributed by atoms with E-state index in [9.17, 15) is 15.0 Å². The fourth-order valence-electron chi connectivity index (χ4n) is 1.76. The molecule has 5 heteroatoms. The smallest absolute Gasteiger partial charge is 0.260 e. The number of nitrogens with zero attached hydrogens (tertiary/aromatic N) is 1. The van der Waals surface area contributed by atoms with Crippen LogP contribution < -0.4 is 4.74 Å². The highest BCUT2D eigenvalue weighted by molar-refractivity contribution is 5.79. The minimum atomic E-state index is -0.773. The van der Waals surface area contributed by atoms with Gasteiger partial charge in [-0.1, -0.05) is 12.1 Å². The standard InChI is InChI=1S/C12H15NO4/c1-12(16)7-13(8-12)11(15)6-17-10-5-3-2-4-9(10)14/h2-5,14,16H,6-8H2,1H3. The molecule has 1 fully saturated rings. The quantitative estimate of drug-likeness (QED) is 0.796. The molecule has 0 unspecified atom stereocenters. The summed E-state index contributed by atoms with van der Waals surface area (Å²) in [5.74, 6) is 0.101. The molecule has 1 amide bonds. The van der Waals surface area contributed by atoms with Crippen LogP contribution in [0.4, 0.5) is 0 Å². The molecule has 0 radical (unpaired) electrons. The van der Waals surface area contributed by atoms with Crippen LogP contribution in [0.1, 0.15) is 6.92 Å². The van der Waals surface area contributed by atoms with Crippen LogP contribution in [0.25, 0.3) is 0 Å². The first-order chi connectivity index (χ1) is 7.98. The average Bonchev–Trinajstić information content (AvgIpc) is 2.24. The van der Waals surface area contributed by atoms with E-state index in [-0.39, 0.29) is 24.0 Å². The number of benzene rings is 1. The van der Waals surface area contributed by atoms with Crippen molar-refractivity contribution in [2.45, 2.75) is 12.5 Å². The van der Waals surface area contributed by atoms with Crippen molar-refractivity contribution in [3.63, 3.8) is 0 Å². The fraction of sp³-hybridized carbons (Fsp3) is 0.417. The Bertz CT molecular complexity index is 422. The number of hydrogen-bond donors (Lipinski definition) is 2. The predicted molar refractivity (Wildman–Crippen MR) is 60.8 cm³/mol. The minimum absolute atomic E-state index is 0.0101. The predicted octanol–water partition coefficient (Wildman–Crippen LogP) is 0.364. The molecule has 1 aliphatic rings. The number of para-hydroxylation sites is 2. The monoisotopic (exact) mass is 237 g/mol. The highest BCUT2D eigenvalue weighted by Crippen LogP contribution is 2.25. The van der Waals surface area contributed by atoms with E-state index < -0.39 is 5.60 Å². The zero-order chi connectivity index (χ0) is 12.5. The maximum absolute atomic E-state index is 11.6. The van der Waals surface area contributed by atoms with E-state index in [4.69, 9.17) is 4.74 Å². The van der Waals surface area contributed by atoms with Crippen molar-refractivity contribution < 1.29 is 19.7 Å². The Hall–Kier alpha value is -1.75. The summed E-state index contributed by atoms with van der Waals surface area (Å²) in [6.45, 7) is 2.21. The Kier molecular flexibility index (Phi) is 2.93. The first kappa shape index (κ1) is 11.7. The van der Waals surface area contributed by atoms with Crippen LogP contribution in [0.5, 0.6) is 11.5 Å². The third-order valence-electron chi connectivity index (χ3n) is 2.63. The number of phenolic OH excluding ortho intramolecular Hbond substituents is 1. The van der Waals surface area contributed by atoms with Crippen LogP contribution in [-0.2, 0) is 4.79 Å². The number of rotatable bonds is 3. The van der Waals surface area contributed by atoms with Crippen LogP contribution in [-0.4, -0.2) is 46.3 Å². The van der Waals surface area contributed by atoms with Gasteiger partial charge in [0.05, 0.1) is 18.7 Å². The summed E-state index contributed by atoms with van der Waals surface area (Å²) in [7, 11) is 0. The summed E-state index contributed by atoms with van der Waals surface area (Å²) in [4.78, 5) is 13.1. The number of ether oxygens (including phenoxy) is 1. The number of β-amino-alcohol motifs (C(OH)–C–C–N with tert-alkyl or cyclic N) is 1. The maximum Gasteiger partial charge on any atom is 0.260 e. The first-order valence-corrected chi connectivity index (χ1v) is 5.39. The third kappa shape index (κ3) is 2.68. The zero-order valence-corrected chi connectivity index (χ0v) is 9.59. The van der Waals surface area contributed by atoms with Gasteiger partial charge in [0.1, 0.15) is 0 Å². The van der Waals surface area contributed by atoms with Crippen molar-refractivity contribution >= 4 is 5.91 Å². The zero-order valence-electron chi connectivity index (χ0n) is 9.59. The van der Waals surface area contributed by atoms with Crippen LogP contribution in [0.2, 0.25) is 0 Å². The van der Waals surface area contributed by atoms with E-state index in [0.717, 1.165) is 0 Å². The number of aromatic hydroxyl groups is 1. The van der Waals surface area contributed by atoms with Crippen molar-refractivity contribution in [2.24, 2.45) is 0 Å². The lowest BCUT2D eigenvalue weighted by molar-refractivity contribution is -0.154. The normalized spacial score (nSPS) is 17.4. The van der Waals surface area contributed by atoms with Crippen LogP contribution in [0.3, 0.4) is 0 Å². The van der Waals surface area contributed by atoms with Gasteiger partial charge >= 0.3 is 0 Å². The molecule has 0 bridgehead atoms. The molecule has 1 aromatic carbocycles. The Balaban J connectivity index is 1.83. The summed E-state index contributed by atoms with van der Waals surface area (Å²) in [5, 5.41) is 18.9. The molecule has 5 nitrogen and oxygen atoms in total. The number of phenols is 1. The Morgan fingerprint density at radius 2 is 2.12 bits per heavy atom. The summed E-state index contributed by atoms with van der Waals surface area (Å²) in [5.41, 5.74) is -0.773. The molecule has 0 aliphatic carbocycles. The van der Waals surface area contributed by atoms with Crippen molar-refractivity contribution in [3.8, 4) is 11.5 Å². The van der Waals surface area contributed by atoms with Gasteiger partial charge in [0, 0.05) is 0 Å². The van der Waals surface area contributed by atoms with Gasteiger partial charge in [-0.3, -0.25) is 4.79 Å². The fourth-order valence-corrected chi connectivity index (χ4v) is 1.76. The molecule has 0 atom stereocenters. The van der Waals surface area contributed by atoms with Gasteiger partial charge in [-0.15, -0.1) is 0 Å². The van der Waals surface area contributed by atoms with E-state index >= 15 is 0 Å². The Morgan fingerprint density at radius 1 is 1.47 bits per heavy atom. The number of carbonyl (C=O) groups is 1. The summed E-state index contributed by atoms with van der Waals surface area (Å²) in [6, 6.07) is 6.48.